The van der Waals surface area contributed by atoms with Gasteiger partial charge < -0.3 is 14.7 Å². The Morgan fingerprint density at radius 2 is 2.15 bits per heavy atom. The molecule has 0 amide bonds. The summed E-state index contributed by atoms with van der Waals surface area (Å²) in [6, 6.07) is 0.514. The Balaban J connectivity index is 0.00000121. The van der Waals surface area contributed by atoms with Crippen molar-refractivity contribution in [1.29, 1.82) is 0 Å². The minimum Gasteiger partial charge on any atom is -0.339 e. The third-order valence-electron chi connectivity index (χ3n) is 5.36. The maximum Gasteiger partial charge on any atom is 0.228 e. The lowest BCUT2D eigenvalue weighted by Gasteiger charge is -2.31. The first-order chi connectivity index (χ1) is 11.7. The van der Waals surface area contributed by atoms with Crippen LogP contribution in [0.2, 0.25) is 0 Å². The van der Waals surface area contributed by atoms with E-state index >= 15 is 0 Å². The molecule has 0 aromatic carbocycles. The molecular formula is C18H27Cl2N5O. The maximum atomic E-state index is 5.58. The summed E-state index contributed by atoms with van der Waals surface area (Å²) in [5.41, 5.74) is 4.63. The Hall–Kier alpha value is -1.21. The second kappa shape index (κ2) is 9.13. The van der Waals surface area contributed by atoms with Gasteiger partial charge in [0.05, 0.1) is 0 Å². The molecule has 6 nitrogen and oxygen atoms in total. The van der Waals surface area contributed by atoms with Crippen LogP contribution in [0.15, 0.2) is 10.7 Å². The van der Waals surface area contributed by atoms with E-state index in [1.807, 2.05) is 13.1 Å². The lowest BCUT2D eigenvalue weighted by Crippen LogP contribution is -2.37. The van der Waals surface area contributed by atoms with Crippen LogP contribution in [0.25, 0.3) is 11.4 Å². The van der Waals surface area contributed by atoms with Crippen LogP contribution >= 0.6 is 24.8 Å². The van der Waals surface area contributed by atoms with Crippen LogP contribution in [-0.4, -0.2) is 46.2 Å². The lowest BCUT2D eigenvalue weighted by molar-refractivity contribution is 0.173. The molecule has 2 aromatic rings. The van der Waals surface area contributed by atoms with Gasteiger partial charge in [0.2, 0.25) is 11.7 Å². The summed E-state index contributed by atoms with van der Waals surface area (Å²) >= 11 is 0. The summed E-state index contributed by atoms with van der Waals surface area (Å²) in [6.07, 6.45) is 7.59. The van der Waals surface area contributed by atoms with Gasteiger partial charge in [0.1, 0.15) is 0 Å². The maximum absolute atomic E-state index is 5.58. The first kappa shape index (κ1) is 21.1. The Kier molecular flexibility index (Phi) is 7.41. The summed E-state index contributed by atoms with van der Waals surface area (Å²) in [6.45, 7) is 5.05. The number of hydrogen-bond acceptors (Lipinski definition) is 6. The van der Waals surface area contributed by atoms with Crippen LogP contribution in [-0.2, 0) is 19.4 Å². The van der Waals surface area contributed by atoms with E-state index in [2.05, 4.69) is 27.4 Å². The monoisotopic (exact) mass is 399 g/mol. The predicted octanol–water partition coefficient (Wildman–Crippen LogP) is 2.96. The highest BCUT2D eigenvalue weighted by Crippen LogP contribution is 2.29. The van der Waals surface area contributed by atoms with Crippen molar-refractivity contribution in [3.63, 3.8) is 0 Å². The molecule has 1 atom stereocenters. The lowest BCUT2D eigenvalue weighted by atomic mass is 9.95. The number of hydrogen-bond donors (Lipinski definition) is 1. The van der Waals surface area contributed by atoms with Crippen molar-refractivity contribution in [1.82, 2.24) is 25.3 Å². The van der Waals surface area contributed by atoms with E-state index in [4.69, 9.17) is 9.51 Å². The molecule has 2 aliphatic heterocycles. The molecule has 2 aliphatic rings. The summed E-state index contributed by atoms with van der Waals surface area (Å²) in [4.78, 5) is 11.7. The van der Waals surface area contributed by atoms with Crippen LogP contribution in [0.5, 0.6) is 0 Å². The zero-order valence-corrected chi connectivity index (χ0v) is 17.0. The molecule has 0 aliphatic carbocycles. The molecule has 144 valence electrons. The van der Waals surface area contributed by atoms with Crippen molar-refractivity contribution in [3.8, 4) is 11.4 Å². The van der Waals surface area contributed by atoms with E-state index in [1.54, 1.807) is 0 Å². The van der Waals surface area contributed by atoms with Gasteiger partial charge in [-0.3, -0.25) is 4.98 Å². The molecule has 1 N–H and O–H groups in total. The molecule has 2 aromatic heterocycles. The second-order valence-corrected chi connectivity index (χ2v) is 7.00. The minimum atomic E-state index is 0. The highest BCUT2D eigenvalue weighted by molar-refractivity contribution is 5.85. The minimum absolute atomic E-state index is 0. The van der Waals surface area contributed by atoms with Gasteiger partial charge in [0.15, 0.2) is 0 Å². The fourth-order valence-corrected chi connectivity index (χ4v) is 3.91. The van der Waals surface area contributed by atoms with Gasteiger partial charge in [-0.15, -0.1) is 24.8 Å². The molecule has 8 heteroatoms. The number of rotatable bonds is 3. The third-order valence-corrected chi connectivity index (χ3v) is 5.36. The number of fused-ring (bicyclic) bond motifs is 1. The van der Waals surface area contributed by atoms with Gasteiger partial charge in [-0.2, -0.15) is 4.98 Å². The Morgan fingerprint density at radius 3 is 2.96 bits per heavy atom. The van der Waals surface area contributed by atoms with Crippen LogP contribution in [0.1, 0.15) is 42.0 Å². The zero-order chi connectivity index (χ0) is 16.5. The molecule has 0 spiro atoms. The van der Waals surface area contributed by atoms with Crippen molar-refractivity contribution < 1.29 is 4.52 Å². The second-order valence-electron chi connectivity index (χ2n) is 7.00. The fourth-order valence-electron chi connectivity index (χ4n) is 3.91. The van der Waals surface area contributed by atoms with E-state index in [0.29, 0.717) is 11.9 Å². The van der Waals surface area contributed by atoms with Crippen molar-refractivity contribution >= 4 is 24.8 Å². The number of likely N-dealkylation sites (N-methyl/N-ethyl adjacent to an activating group) is 1. The summed E-state index contributed by atoms with van der Waals surface area (Å²) < 4.78 is 5.58. The summed E-state index contributed by atoms with van der Waals surface area (Å²) in [5, 5.41) is 7.67. The Morgan fingerprint density at radius 1 is 1.31 bits per heavy atom. The number of aromatic nitrogens is 3. The number of halogens is 2. The normalized spacial score (nSPS) is 20.0. The molecule has 26 heavy (non-hydrogen) atoms. The number of piperidine rings is 1. The molecule has 1 saturated heterocycles. The standard InChI is InChI=1S/C18H25N5O.2ClH/c1-12-17(15-6-7-19-10-13(15)11-20-12)18-21-16(24-22-18)9-14-5-3-4-8-23(14)2;;/h11,14,19H,3-10H2,1-2H3;2*1H. The zero-order valence-electron chi connectivity index (χ0n) is 15.3. The number of likely N-dealkylation sites (tertiary alicyclic amines) is 1. The Bertz CT molecular complexity index is 736. The quantitative estimate of drug-likeness (QED) is 0.855. The first-order valence-corrected chi connectivity index (χ1v) is 8.93. The van der Waals surface area contributed by atoms with Crippen molar-refractivity contribution in [2.24, 2.45) is 0 Å². The number of nitrogens with one attached hydrogen (secondary N) is 1. The van der Waals surface area contributed by atoms with E-state index in [9.17, 15) is 0 Å². The van der Waals surface area contributed by atoms with Gasteiger partial charge in [-0.05, 0) is 57.5 Å². The van der Waals surface area contributed by atoms with Crippen molar-refractivity contribution in [2.75, 3.05) is 20.1 Å². The van der Waals surface area contributed by atoms with Gasteiger partial charge >= 0.3 is 0 Å². The van der Waals surface area contributed by atoms with Crippen molar-refractivity contribution in [2.45, 2.75) is 51.6 Å². The van der Waals surface area contributed by atoms with Crippen LogP contribution in [0, 0.1) is 6.92 Å². The molecule has 0 radical (unpaired) electrons. The van der Waals surface area contributed by atoms with Gasteiger partial charge in [-0.1, -0.05) is 11.6 Å². The smallest absolute Gasteiger partial charge is 0.228 e. The number of pyridine rings is 1. The first-order valence-electron chi connectivity index (χ1n) is 8.93. The van der Waals surface area contributed by atoms with Crippen LogP contribution < -0.4 is 5.32 Å². The fraction of sp³-hybridized carbons (Fsp3) is 0.611. The molecule has 1 fully saturated rings. The molecule has 0 saturated carbocycles. The highest BCUT2D eigenvalue weighted by atomic mass is 35.5. The average Bonchev–Trinajstić information content (AvgIpc) is 3.05. The van der Waals surface area contributed by atoms with Gasteiger partial charge in [0, 0.05) is 36.5 Å². The van der Waals surface area contributed by atoms with E-state index < -0.39 is 0 Å². The average molecular weight is 400 g/mol. The molecule has 1 unspecified atom stereocenters. The van der Waals surface area contributed by atoms with Gasteiger partial charge in [0.25, 0.3) is 0 Å². The van der Waals surface area contributed by atoms with Crippen molar-refractivity contribution in [3.05, 3.63) is 28.9 Å². The predicted molar refractivity (Wildman–Crippen MR) is 106 cm³/mol. The Labute approximate surface area is 167 Å². The number of aryl methyl sites for hydroxylation is 1. The summed E-state index contributed by atoms with van der Waals surface area (Å²) in [5.74, 6) is 1.45. The number of nitrogens with zero attached hydrogens (tertiary/aromatic N) is 4. The van der Waals surface area contributed by atoms with E-state index in [0.717, 1.165) is 49.6 Å². The SMILES string of the molecule is Cc1ncc2c(c1-c1noc(CC3CCCCN3C)n1)CCNC2.Cl.Cl. The largest absolute Gasteiger partial charge is 0.339 e. The molecule has 4 rings (SSSR count). The third kappa shape index (κ3) is 4.19. The van der Waals surface area contributed by atoms with Gasteiger partial charge in [-0.25, -0.2) is 0 Å². The van der Waals surface area contributed by atoms with E-state index in [1.165, 1.54) is 30.4 Å². The summed E-state index contributed by atoms with van der Waals surface area (Å²) in [7, 11) is 2.19. The van der Waals surface area contributed by atoms with Crippen LogP contribution in [0.3, 0.4) is 0 Å². The van der Waals surface area contributed by atoms with Crippen LogP contribution in [0.4, 0.5) is 0 Å². The molecule has 4 heterocycles. The highest BCUT2D eigenvalue weighted by Gasteiger charge is 2.24. The molecular weight excluding hydrogens is 373 g/mol. The topological polar surface area (TPSA) is 67.1 Å². The molecule has 0 bridgehead atoms. The van der Waals surface area contributed by atoms with E-state index in [-0.39, 0.29) is 24.8 Å².